The Balaban J connectivity index is 1.65. The lowest BCUT2D eigenvalue weighted by Gasteiger charge is -2.12. The maximum Gasteiger partial charge on any atom is 0.269 e. The summed E-state index contributed by atoms with van der Waals surface area (Å²) in [6, 6.07) is 13.1. The number of carbonyl (C=O) groups excluding carboxylic acids is 1. The number of nitrogens with zero attached hydrogens (tertiary/aromatic N) is 1. The third kappa shape index (κ3) is 4.68. The van der Waals surface area contributed by atoms with Crippen LogP contribution in [0.2, 0.25) is 0 Å². The molecule has 0 aliphatic carbocycles. The molecule has 3 aromatic rings. The van der Waals surface area contributed by atoms with E-state index in [-0.39, 0.29) is 11.7 Å². The monoisotopic (exact) mass is 383 g/mol. The van der Waals surface area contributed by atoms with Gasteiger partial charge in [-0.2, -0.15) is 5.10 Å². The Labute approximate surface area is 162 Å². The average Bonchev–Trinajstić information content (AvgIpc) is 3.19. The molecule has 1 amide bonds. The summed E-state index contributed by atoms with van der Waals surface area (Å²) >= 11 is 0. The summed E-state index contributed by atoms with van der Waals surface area (Å²) in [5.74, 6) is 0.722. The fourth-order valence-electron chi connectivity index (χ4n) is 2.69. The van der Waals surface area contributed by atoms with Crippen molar-refractivity contribution < 1.29 is 18.7 Å². The minimum atomic E-state index is -0.320. The molecule has 146 valence electrons. The molecule has 1 heterocycles. The van der Waals surface area contributed by atoms with Crippen molar-refractivity contribution in [2.45, 2.75) is 20.4 Å². The quantitative estimate of drug-likeness (QED) is 0.618. The number of ether oxygens (including phenoxy) is 2. The van der Waals surface area contributed by atoms with Crippen molar-refractivity contribution in [3.63, 3.8) is 0 Å². The topological polar surface area (TPSA) is 76.2 Å². The van der Waals surface area contributed by atoms with Gasteiger partial charge in [-0.15, -0.1) is 0 Å². The predicted molar refractivity (Wildman–Crippen MR) is 104 cm³/mol. The van der Waals surface area contributed by atoms with E-state index in [4.69, 9.17) is 9.47 Å². The first-order valence-electron chi connectivity index (χ1n) is 9.08. The summed E-state index contributed by atoms with van der Waals surface area (Å²) in [6.07, 6.45) is 0. The molecule has 2 aromatic carbocycles. The first-order valence-corrected chi connectivity index (χ1v) is 9.08. The number of rotatable bonds is 8. The lowest BCUT2D eigenvalue weighted by molar-refractivity contribution is 0.0946. The summed E-state index contributed by atoms with van der Waals surface area (Å²) in [4.78, 5) is 12.4. The van der Waals surface area contributed by atoms with Gasteiger partial charge in [-0.3, -0.25) is 9.89 Å². The van der Waals surface area contributed by atoms with Crippen molar-refractivity contribution >= 4 is 5.91 Å². The molecule has 0 aliphatic rings. The van der Waals surface area contributed by atoms with Crippen LogP contribution in [0.15, 0.2) is 48.5 Å². The van der Waals surface area contributed by atoms with Gasteiger partial charge in [0.2, 0.25) is 0 Å². The van der Waals surface area contributed by atoms with Gasteiger partial charge >= 0.3 is 0 Å². The molecule has 0 spiro atoms. The fraction of sp³-hybridized carbons (Fsp3) is 0.238. The second kappa shape index (κ2) is 9.03. The van der Waals surface area contributed by atoms with Crippen molar-refractivity contribution in [1.82, 2.24) is 15.5 Å². The highest BCUT2D eigenvalue weighted by Gasteiger charge is 2.12. The summed E-state index contributed by atoms with van der Waals surface area (Å²) < 4.78 is 24.2. The fourth-order valence-corrected chi connectivity index (χ4v) is 2.69. The molecule has 3 rings (SSSR count). The van der Waals surface area contributed by atoms with E-state index >= 15 is 0 Å². The molecule has 0 saturated heterocycles. The van der Waals surface area contributed by atoms with Gasteiger partial charge in [0.1, 0.15) is 11.5 Å². The third-order valence-corrected chi connectivity index (χ3v) is 4.02. The Kier molecular flexibility index (Phi) is 6.26. The van der Waals surface area contributed by atoms with Crippen molar-refractivity contribution in [2.75, 3.05) is 13.2 Å². The van der Waals surface area contributed by atoms with E-state index in [0.29, 0.717) is 42.6 Å². The van der Waals surface area contributed by atoms with E-state index in [1.165, 1.54) is 12.1 Å². The van der Waals surface area contributed by atoms with Crippen molar-refractivity contribution in [3.8, 4) is 22.8 Å². The number of hydrogen-bond donors (Lipinski definition) is 2. The first kappa shape index (κ1) is 19.4. The van der Waals surface area contributed by atoms with E-state index in [1.54, 1.807) is 18.2 Å². The van der Waals surface area contributed by atoms with Gasteiger partial charge in [0.25, 0.3) is 5.91 Å². The second-order valence-corrected chi connectivity index (χ2v) is 6.00. The molecule has 28 heavy (non-hydrogen) atoms. The molecule has 0 atom stereocenters. The lowest BCUT2D eigenvalue weighted by atomic mass is 10.1. The Morgan fingerprint density at radius 3 is 2.46 bits per heavy atom. The molecule has 0 aliphatic heterocycles. The molecular weight excluding hydrogens is 361 g/mol. The predicted octanol–water partition coefficient (Wildman–Crippen LogP) is 3.94. The van der Waals surface area contributed by atoms with Gasteiger partial charge in [0, 0.05) is 12.1 Å². The zero-order chi connectivity index (χ0) is 19.9. The van der Waals surface area contributed by atoms with E-state index in [9.17, 15) is 9.18 Å². The first-order chi connectivity index (χ1) is 13.6. The van der Waals surface area contributed by atoms with E-state index in [1.807, 2.05) is 32.0 Å². The molecule has 0 unspecified atom stereocenters. The van der Waals surface area contributed by atoms with E-state index in [0.717, 1.165) is 11.1 Å². The summed E-state index contributed by atoms with van der Waals surface area (Å²) in [5.41, 5.74) is 2.52. The average molecular weight is 383 g/mol. The van der Waals surface area contributed by atoms with Gasteiger partial charge in [0.05, 0.1) is 18.9 Å². The molecule has 0 fully saturated rings. The van der Waals surface area contributed by atoms with Crippen LogP contribution in [0.5, 0.6) is 11.5 Å². The zero-order valence-electron chi connectivity index (χ0n) is 15.8. The van der Waals surface area contributed by atoms with Crippen molar-refractivity contribution in [1.29, 1.82) is 0 Å². The minimum Gasteiger partial charge on any atom is -0.490 e. The normalized spacial score (nSPS) is 10.5. The highest BCUT2D eigenvalue weighted by Crippen LogP contribution is 2.28. The third-order valence-electron chi connectivity index (χ3n) is 4.02. The number of hydrogen-bond acceptors (Lipinski definition) is 4. The SMILES string of the molecule is CCOc1ccc(CNC(=O)c2cc(-c3ccc(F)cc3)n[nH]2)cc1OCC. The van der Waals surface area contributed by atoms with Gasteiger partial charge < -0.3 is 14.8 Å². The maximum atomic E-state index is 13.0. The number of H-pyrrole nitrogens is 1. The van der Waals surface area contributed by atoms with Crippen LogP contribution in [0.3, 0.4) is 0 Å². The number of aromatic nitrogens is 2. The Morgan fingerprint density at radius 1 is 1.04 bits per heavy atom. The lowest BCUT2D eigenvalue weighted by Crippen LogP contribution is -2.23. The van der Waals surface area contributed by atoms with E-state index in [2.05, 4.69) is 15.5 Å². The maximum absolute atomic E-state index is 13.0. The molecular formula is C21H22FN3O3. The number of carbonyl (C=O) groups is 1. The number of nitrogens with one attached hydrogen (secondary N) is 2. The number of halogens is 1. The summed E-state index contributed by atoms with van der Waals surface area (Å²) in [5, 5.41) is 9.67. The van der Waals surface area contributed by atoms with Crippen LogP contribution in [-0.4, -0.2) is 29.3 Å². The highest BCUT2D eigenvalue weighted by atomic mass is 19.1. The van der Waals surface area contributed by atoms with Crippen molar-refractivity contribution in [2.24, 2.45) is 0 Å². The van der Waals surface area contributed by atoms with Crippen LogP contribution < -0.4 is 14.8 Å². The van der Waals surface area contributed by atoms with Crippen LogP contribution in [0, 0.1) is 5.82 Å². The molecule has 0 saturated carbocycles. The van der Waals surface area contributed by atoms with Crippen LogP contribution in [-0.2, 0) is 6.54 Å². The van der Waals surface area contributed by atoms with Crippen molar-refractivity contribution in [3.05, 3.63) is 65.6 Å². The number of benzene rings is 2. The second-order valence-electron chi connectivity index (χ2n) is 6.00. The van der Waals surface area contributed by atoms with E-state index < -0.39 is 0 Å². The highest BCUT2D eigenvalue weighted by molar-refractivity contribution is 5.93. The molecule has 1 aromatic heterocycles. The van der Waals surface area contributed by atoms with Gasteiger partial charge in [-0.25, -0.2) is 4.39 Å². The van der Waals surface area contributed by atoms with Gasteiger partial charge in [-0.1, -0.05) is 6.07 Å². The Hall–Kier alpha value is -3.35. The molecule has 7 heteroatoms. The minimum absolute atomic E-state index is 0.285. The molecule has 0 bridgehead atoms. The Bertz CT molecular complexity index is 938. The molecule has 0 radical (unpaired) electrons. The smallest absolute Gasteiger partial charge is 0.269 e. The van der Waals surface area contributed by atoms with Crippen LogP contribution >= 0.6 is 0 Å². The van der Waals surface area contributed by atoms with Crippen LogP contribution in [0.1, 0.15) is 29.9 Å². The van der Waals surface area contributed by atoms with Crippen LogP contribution in [0.25, 0.3) is 11.3 Å². The summed E-state index contributed by atoms with van der Waals surface area (Å²) in [6.45, 7) is 5.22. The molecule has 2 N–H and O–H groups in total. The summed E-state index contributed by atoms with van der Waals surface area (Å²) in [7, 11) is 0. The molecule has 6 nitrogen and oxygen atoms in total. The van der Waals surface area contributed by atoms with Crippen LogP contribution in [0.4, 0.5) is 4.39 Å². The Morgan fingerprint density at radius 2 is 1.75 bits per heavy atom. The van der Waals surface area contributed by atoms with Gasteiger partial charge in [-0.05, 0) is 61.9 Å². The standard InChI is InChI=1S/C21H22FN3O3/c1-3-27-19-10-5-14(11-20(19)28-4-2)13-23-21(26)18-12-17(24-25-18)15-6-8-16(22)9-7-15/h5-12H,3-4,13H2,1-2H3,(H,23,26)(H,24,25). The largest absolute Gasteiger partial charge is 0.490 e. The van der Waals surface area contributed by atoms with Gasteiger partial charge in [0.15, 0.2) is 11.5 Å². The number of amides is 1. The zero-order valence-corrected chi connectivity index (χ0v) is 15.8. The number of aromatic amines is 1.